The number of nitrogens with zero attached hydrogens (tertiary/aromatic N) is 2. The minimum Gasteiger partial charge on any atom is -0.306 e. The first-order valence-corrected chi connectivity index (χ1v) is 9.05. The van der Waals surface area contributed by atoms with Crippen LogP contribution >= 0.6 is 11.3 Å². The minimum absolute atomic E-state index is 0.0166. The molecule has 0 saturated carbocycles. The van der Waals surface area contributed by atoms with Gasteiger partial charge in [0.15, 0.2) is 5.82 Å². The van der Waals surface area contributed by atoms with E-state index in [4.69, 9.17) is 11.4 Å². The monoisotopic (exact) mass is 347 g/mol. The lowest BCUT2D eigenvalue weighted by Gasteiger charge is -2.28. The molecule has 0 fully saturated rings. The lowest BCUT2D eigenvalue weighted by Crippen LogP contribution is -2.35. The first kappa shape index (κ1) is 15.8. The van der Waals surface area contributed by atoms with Crippen LogP contribution < -0.4 is 5.56 Å². The number of hydrogen-bond acceptors (Lipinski definition) is 4. The second kappa shape index (κ2) is 6.67. The Morgan fingerprint density at radius 3 is 2.96 bits per heavy atom. The highest BCUT2D eigenvalue weighted by atomic mass is 32.1. The molecule has 1 aromatic carbocycles. The van der Waals surface area contributed by atoms with Crippen molar-refractivity contribution in [2.24, 2.45) is 0 Å². The highest BCUT2D eigenvalue weighted by Gasteiger charge is 2.22. The van der Waals surface area contributed by atoms with Crippen molar-refractivity contribution in [1.82, 2.24) is 14.9 Å². The largest absolute Gasteiger partial charge is 0.306 e. The number of terminal acetylenes is 1. The number of nitrogens with one attached hydrogen (secondary N) is 1. The number of aromatic amines is 1. The quantitative estimate of drug-likeness (QED) is 0.741. The summed E-state index contributed by atoms with van der Waals surface area (Å²) < 4.78 is 0. The van der Waals surface area contributed by atoms with Gasteiger partial charge in [-0.15, -0.1) is 17.8 Å². The van der Waals surface area contributed by atoms with Gasteiger partial charge >= 0.3 is 0 Å². The molecular formula is C20H17N3OS. The van der Waals surface area contributed by atoms with Crippen molar-refractivity contribution in [3.63, 3.8) is 0 Å². The van der Waals surface area contributed by atoms with E-state index < -0.39 is 0 Å². The van der Waals surface area contributed by atoms with Crippen molar-refractivity contribution in [1.29, 1.82) is 0 Å². The van der Waals surface area contributed by atoms with Gasteiger partial charge in [0.2, 0.25) is 0 Å². The summed E-state index contributed by atoms with van der Waals surface area (Å²) in [7, 11) is 0. The zero-order valence-electron chi connectivity index (χ0n) is 13.7. The standard InChI is InChI=1S/C20H17N3OS/c1-2-14-6-3-4-7-15(14)12-23-10-9-16-17(13-23)21-19(22-20(16)24)18-8-5-11-25-18/h1,3-8,11H,9-10,12-13H2,(H,21,22,24). The van der Waals surface area contributed by atoms with E-state index in [0.717, 1.165) is 40.4 Å². The third kappa shape index (κ3) is 3.14. The molecule has 3 heterocycles. The molecule has 0 bridgehead atoms. The zero-order chi connectivity index (χ0) is 17.2. The van der Waals surface area contributed by atoms with Crippen molar-refractivity contribution in [3.8, 4) is 23.0 Å². The van der Waals surface area contributed by atoms with E-state index in [-0.39, 0.29) is 5.56 Å². The van der Waals surface area contributed by atoms with Gasteiger partial charge in [0, 0.05) is 30.8 Å². The lowest BCUT2D eigenvalue weighted by atomic mass is 10.0. The molecule has 0 unspecified atom stereocenters. The zero-order valence-corrected chi connectivity index (χ0v) is 14.5. The van der Waals surface area contributed by atoms with Gasteiger partial charge in [-0.25, -0.2) is 4.98 Å². The summed E-state index contributed by atoms with van der Waals surface area (Å²) >= 11 is 1.58. The van der Waals surface area contributed by atoms with E-state index in [0.29, 0.717) is 18.8 Å². The Bertz CT molecular complexity index is 999. The highest BCUT2D eigenvalue weighted by Crippen LogP contribution is 2.23. The maximum Gasteiger partial charge on any atom is 0.254 e. The van der Waals surface area contributed by atoms with Crippen LogP contribution in [0.2, 0.25) is 0 Å². The van der Waals surface area contributed by atoms with Crippen molar-refractivity contribution in [2.75, 3.05) is 6.54 Å². The van der Waals surface area contributed by atoms with Gasteiger partial charge in [0.05, 0.1) is 10.6 Å². The maximum absolute atomic E-state index is 12.4. The molecular weight excluding hydrogens is 330 g/mol. The fourth-order valence-electron chi connectivity index (χ4n) is 3.20. The van der Waals surface area contributed by atoms with Crippen LogP contribution in [-0.2, 0) is 19.5 Å². The van der Waals surface area contributed by atoms with Gasteiger partial charge in [0.1, 0.15) is 0 Å². The number of thiophene rings is 1. The summed E-state index contributed by atoms with van der Waals surface area (Å²) in [6, 6.07) is 11.9. The number of rotatable bonds is 3. The fraction of sp³-hybridized carbons (Fsp3) is 0.200. The second-order valence-corrected chi connectivity index (χ2v) is 7.03. The highest BCUT2D eigenvalue weighted by molar-refractivity contribution is 7.13. The average molecular weight is 347 g/mol. The number of hydrogen-bond donors (Lipinski definition) is 1. The topological polar surface area (TPSA) is 49.0 Å². The average Bonchev–Trinajstić information content (AvgIpc) is 3.16. The van der Waals surface area contributed by atoms with Crippen LogP contribution in [0.15, 0.2) is 46.6 Å². The molecule has 1 aliphatic heterocycles. The van der Waals surface area contributed by atoms with Crippen LogP contribution in [0.1, 0.15) is 22.4 Å². The molecule has 4 nitrogen and oxygen atoms in total. The van der Waals surface area contributed by atoms with Crippen molar-refractivity contribution in [2.45, 2.75) is 19.5 Å². The molecule has 0 amide bonds. The molecule has 0 atom stereocenters. The summed E-state index contributed by atoms with van der Waals surface area (Å²) in [5.74, 6) is 3.40. The minimum atomic E-state index is -0.0166. The predicted octanol–water partition coefficient (Wildman–Crippen LogP) is 3.04. The van der Waals surface area contributed by atoms with Gasteiger partial charge in [-0.05, 0) is 29.5 Å². The van der Waals surface area contributed by atoms with Crippen LogP contribution in [0, 0.1) is 12.3 Å². The molecule has 1 aliphatic rings. The fourth-order valence-corrected chi connectivity index (χ4v) is 3.87. The van der Waals surface area contributed by atoms with E-state index in [1.54, 1.807) is 11.3 Å². The Labute approximate surface area is 150 Å². The third-order valence-corrected chi connectivity index (χ3v) is 5.35. The number of H-pyrrole nitrogens is 1. The normalized spacial score (nSPS) is 14.0. The van der Waals surface area contributed by atoms with Crippen molar-refractivity contribution in [3.05, 3.63) is 74.5 Å². The first-order valence-electron chi connectivity index (χ1n) is 8.17. The van der Waals surface area contributed by atoms with Gasteiger partial charge in [-0.3, -0.25) is 9.69 Å². The summed E-state index contributed by atoms with van der Waals surface area (Å²) in [4.78, 5) is 23.3. The number of benzene rings is 1. The van der Waals surface area contributed by atoms with Gasteiger partial charge in [-0.2, -0.15) is 0 Å². The van der Waals surface area contributed by atoms with Crippen molar-refractivity contribution >= 4 is 11.3 Å². The van der Waals surface area contributed by atoms with Crippen LogP contribution in [0.3, 0.4) is 0 Å². The molecule has 0 aliphatic carbocycles. The molecule has 0 radical (unpaired) electrons. The summed E-state index contributed by atoms with van der Waals surface area (Å²) in [6.07, 6.45) is 6.31. The van der Waals surface area contributed by atoms with Crippen LogP contribution in [0.25, 0.3) is 10.7 Å². The molecule has 0 spiro atoms. The molecule has 3 aromatic rings. The molecule has 0 saturated heterocycles. The van der Waals surface area contributed by atoms with E-state index in [9.17, 15) is 4.79 Å². The Morgan fingerprint density at radius 2 is 2.16 bits per heavy atom. The van der Waals surface area contributed by atoms with Crippen molar-refractivity contribution < 1.29 is 0 Å². The van der Waals surface area contributed by atoms with E-state index >= 15 is 0 Å². The van der Waals surface area contributed by atoms with Crippen LogP contribution in [0.5, 0.6) is 0 Å². The molecule has 124 valence electrons. The van der Waals surface area contributed by atoms with E-state index in [1.165, 1.54) is 0 Å². The van der Waals surface area contributed by atoms with Crippen LogP contribution in [0.4, 0.5) is 0 Å². The molecule has 4 rings (SSSR count). The third-order valence-electron chi connectivity index (χ3n) is 4.47. The molecule has 25 heavy (non-hydrogen) atoms. The van der Waals surface area contributed by atoms with Gasteiger partial charge in [0.25, 0.3) is 5.56 Å². The summed E-state index contributed by atoms with van der Waals surface area (Å²) in [5, 5.41) is 1.98. The number of fused-ring (bicyclic) bond motifs is 1. The second-order valence-electron chi connectivity index (χ2n) is 6.08. The molecule has 2 aromatic heterocycles. The smallest absolute Gasteiger partial charge is 0.254 e. The maximum atomic E-state index is 12.4. The Hall–Kier alpha value is -2.68. The Balaban J connectivity index is 1.62. The lowest BCUT2D eigenvalue weighted by molar-refractivity contribution is 0.240. The van der Waals surface area contributed by atoms with Gasteiger partial charge in [-0.1, -0.05) is 30.2 Å². The van der Waals surface area contributed by atoms with Gasteiger partial charge < -0.3 is 4.98 Å². The summed E-state index contributed by atoms with van der Waals surface area (Å²) in [5.41, 5.74) is 3.72. The van der Waals surface area contributed by atoms with E-state index in [1.807, 2.05) is 35.7 Å². The number of aromatic nitrogens is 2. The Kier molecular flexibility index (Phi) is 4.22. The SMILES string of the molecule is C#Cc1ccccc1CN1CCc2c(nc(-c3cccs3)[nH]c2=O)C1. The predicted molar refractivity (Wildman–Crippen MR) is 100 cm³/mol. The van der Waals surface area contributed by atoms with Crippen LogP contribution in [-0.4, -0.2) is 21.4 Å². The first-order chi connectivity index (χ1) is 12.2. The molecule has 1 N–H and O–H groups in total. The molecule has 5 heteroatoms. The summed E-state index contributed by atoms with van der Waals surface area (Å²) in [6.45, 7) is 2.26. The van der Waals surface area contributed by atoms with E-state index in [2.05, 4.69) is 21.9 Å². The Morgan fingerprint density at radius 1 is 1.28 bits per heavy atom.